The molecule has 2 heterocycles. The van der Waals surface area contributed by atoms with Gasteiger partial charge < -0.3 is 15.1 Å². The van der Waals surface area contributed by atoms with Crippen molar-refractivity contribution in [3.8, 4) is 22.8 Å². The number of rotatable bonds is 5. The molecule has 0 aliphatic carbocycles. The van der Waals surface area contributed by atoms with Crippen molar-refractivity contribution in [3.05, 3.63) is 64.8 Å². The number of amides is 1. The molecule has 2 N–H and O–H groups in total. The molecule has 1 fully saturated rings. The maximum absolute atomic E-state index is 12.2. The maximum Gasteiger partial charge on any atom is 0.269 e. The molecule has 0 unspecified atom stereocenters. The zero-order chi connectivity index (χ0) is 19.5. The molecule has 1 saturated heterocycles. The Morgan fingerprint density at radius 2 is 1.83 bits per heavy atom. The molecule has 150 valence electrons. The minimum Gasteiger partial charge on any atom is -0.436 e. The van der Waals surface area contributed by atoms with Crippen molar-refractivity contribution >= 4 is 29.7 Å². The van der Waals surface area contributed by atoms with Crippen LogP contribution >= 0.6 is 12.4 Å². The predicted molar refractivity (Wildman–Crippen MR) is 111 cm³/mol. The summed E-state index contributed by atoms with van der Waals surface area (Å²) in [5.74, 6) is 0.934. The highest BCUT2D eigenvalue weighted by atomic mass is 35.5. The van der Waals surface area contributed by atoms with E-state index in [9.17, 15) is 14.9 Å². The first-order chi connectivity index (χ1) is 13.6. The van der Waals surface area contributed by atoms with Gasteiger partial charge in [0.05, 0.1) is 17.2 Å². The summed E-state index contributed by atoms with van der Waals surface area (Å²) in [6.07, 6.45) is 3.47. The Morgan fingerprint density at radius 3 is 2.45 bits per heavy atom. The van der Waals surface area contributed by atoms with Gasteiger partial charge in [-0.2, -0.15) is 0 Å². The third-order valence-corrected chi connectivity index (χ3v) is 4.64. The summed E-state index contributed by atoms with van der Waals surface area (Å²) in [6.45, 7) is 0.875. The Bertz CT molecular complexity index is 996. The number of carbonyl (C=O) groups is 1. The zero-order valence-electron chi connectivity index (χ0n) is 15.3. The number of hydrogen-bond donors (Lipinski definition) is 2. The number of oxazole rings is 1. The van der Waals surface area contributed by atoms with Gasteiger partial charge in [-0.25, -0.2) is 4.98 Å². The maximum atomic E-state index is 12.2. The molecule has 1 aromatic heterocycles. The number of nitrogens with zero attached hydrogens (tertiary/aromatic N) is 2. The van der Waals surface area contributed by atoms with Crippen molar-refractivity contribution in [1.82, 2.24) is 10.3 Å². The van der Waals surface area contributed by atoms with E-state index in [0.717, 1.165) is 30.6 Å². The molecule has 4 rings (SSSR count). The van der Waals surface area contributed by atoms with Crippen LogP contribution in [0, 0.1) is 10.1 Å². The van der Waals surface area contributed by atoms with Crippen LogP contribution < -0.4 is 10.6 Å². The topological polar surface area (TPSA) is 110 Å². The number of carbonyl (C=O) groups excluding carboxylic acids is 1. The van der Waals surface area contributed by atoms with E-state index in [4.69, 9.17) is 4.42 Å². The summed E-state index contributed by atoms with van der Waals surface area (Å²) in [6, 6.07) is 13.2. The number of aromatic nitrogens is 1. The Kier molecular flexibility index (Phi) is 6.26. The lowest BCUT2D eigenvalue weighted by Crippen LogP contribution is -2.35. The van der Waals surface area contributed by atoms with E-state index < -0.39 is 4.92 Å². The average molecular weight is 415 g/mol. The van der Waals surface area contributed by atoms with E-state index in [1.807, 2.05) is 24.3 Å². The lowest BCUT2D eigenvalue weighted by Gasteiger charge is -2.11. The Labute approximate surface area is 172 Å². The van der Waals surface area contributed by atoms with Gasteiger partial charge in [0.2, 0.25) is 11.8 Å². The Hall–Kier alpha value is -3.23. The quantitative estimate of drug-likeness (QED) is 0.481. The predicted octanol–water partition coefficient (Wildman–Crippen LogP) is 4.03. The van der Waals surface area contributed by atoms with Gasteiger partial charge in [0.1, 0.15) is 0 Å². The minimum atomic E-state index is -0.451. The molecule has 1 amide bonds. The largest absolute Gasteiger partial charge is 0.436 e. The smallest absolute Gasteiger partial charge is 0.269 e. The van der Waals surface area contributed by atoms with Gasteiger partial charge >= 0.3 is 0 Å². The number of non-ortho nitro benzene ring substituents is 1. The molecule has 0 bridgehead atoms. The van der Waals surface area contributed by atoms with Crippen molar-refractivity contribution < 1.29 is 14.1 Å². The zero-order valence-corrected chi connectivity index (χ0v) is 16.1. The SMILES string of the molecule is Cl.O=C(Nc1ccc(-c2cnc(-c3ccc([N+](=O)[O-])cc3)o2)cc1)[C@@H]1CCCN1. The van der Waals surface area contributed by atoms with Crippen molar-refractivity contribution in [2.24, 2.45) is 0 Å². The fourth-order valence-electron chi connectivity index (χ4n) is 3.12. The first kappa shape index (κ1) is 20.5. The van der Waals surface area contributed by atoms with Gasteiger partial charge in [0.25, 0.3) is 5.69 Å². The molecule has 8 nitrogen and oxygen atoms in total. The van der Waals surface area contributed by atoms with Gasteiger partial charge in [0, 0.05) is 28.9 Å². The molecule has 1 atom stereocenters. The lowest BCUT2D eigenvalue weighted by molar-refractivity contribution is -0.384. The molecular formula is C20H19ClN4O4. The first-order valence-corrected chi connectivity index (χ1v) is 8.95. The van der Waals surface area contributed by atoms with Gasteiger partial charge in [-0.05, 0) is 55.8 Å². The molecule has 2 aromatic carbocycles. The monoisotopic (exact) mass is 414 g/mol. The van der Waals surface area contributed by atoms with Crippen LogP contribution in [0.3, 0.4) is 0 Å². The van der Waals surface area contributed by atoms with Gasteiger partial charge in [0.15, 0.2) is 5.76 Å². The highest BCUT2D eigenvalue weighted by Crippen LogP contribution is 2.28. The molecule has 0 spiro atoms. The summed E-state index contributed by atoms with van der Waals surface area (Å²) in [5.41, 5.74) is 2.21. The van der Waals surface area contributed by atoms with E-state index in [1.54, 1.807) is 18.3 Å². The van der Waals surface area contributed by atoms with Gasteiger partial charge in [-0.1, -0.05) is 0 Å². The van der Waals surface area contributed by atoms with Crippen LogP contribution in [0.4, 0.5) is 11.4 Å². The number of benzene rings is 2. The van der Waals surface area contributed by atoms with Crippen molar-refractivity contribution in [1.29, 1.82) is 0 Å². The van der Waals surface area contributed by atoms with E-state index >= 15 is 0 Å². The van der Waals surface area contributed by atoms with E-state index in [0.29, 0.717) is 17.2 Å². The van der Waals surface area contributed by atoms with Crippen LogP contribution in [-0.2, 0) is 4.79 Å². The second-order valence-electron chi connectivity index (χ2n) is 6.55. The fourth-order valence-corrected chi connectivity index (χ4v) is 3.12. The van der Waals surface area contributed by atoms with Crippen LogP contribution in [-0.4, -0.2) is 28.4 Å². The van der Waals surface area contributed by atoms with Crippen LogP contribution in [0.2, 0.25) is 0 Å². The molecule has 3 aromatic rings. The third-order valence-electron chi connectivity index (χ3n) is 4.64. The Morgan fingerprint density at radius 1 is 1.14 bits per heavy atom. The van der Waals surface area contributed by atoms with Crippen molar-refractivity contribution in [3.63, 3.8) is 0 Å². The average Bonchev–Trinajstić information content (AvgIpc) is 3.41. The van der Waals surface area contributed by atoms with Gasteiger partial charge in [-0.15, -0.1) is 12.4 Å². The minimum absolute atomic E-state index is 0. The number of nitrogens with one attached hydrogen (secondary N) is 2. The molecule has 1 aliphatic heterocycles. The lowest BCUT2D eigenvalue weighted by atomic mass is 10.1. The van der Waals surface area contributed by atoms with Crippen LogP contribution in [0.1, 0.15) is 12.8 Å². The highest BCUT2D eigenvalue weighted by molar-refractivity contribution is 5.95. The summed E-state index contributed by atoms with van der Waals surface area (Å²) in [7, 11) is 0. The standard InChI is InChI=1S/C20H18N4O4.ClH/c25-19(17-2-1-11-21-17)23-15-7-3-13(4-8-15)18-12-22-20(28-18)14-5-9-16(10-6-14)24(26)27;/h3-10,12,17,21H,1-2,11H2,(H,23,25);1H/t17-;/m0./s1. The number of nitro benzene ring substituents is 1. The van der Waals surface area contributed by atoms with E-state index in [-0.39, 0.29) is 30.0 Å². The summed E-state index contributed by atoms with van der Waals surface area (Å²) < 4.78 is 5.78. The second-order valence-corrected chi connectivity index (χ2v) is 6.55. The molecule has 1 aliphatic rings. The number of nitro groups is 1. The summed E-state index contributed by atoms with van der Waals surface area (Å²) in [5, 5.41) is 16.8. The number of anilines is 1. The molecule has 29 heavy (non-hydrogen) atoms. The van der Waals surface area contributed by atoms with E-state index in [2.05, 4.69) is 15.6 Å². The Balaban J connectivity index is 0.00000240. The van der Waals surface area contributed by atoms with Gasteiger partial charge in [-0.3, -0.25) is 14.9 Å². The van der Waals surface area contributed by atoms with Crippen molar-refractivity contribution in [2.45, 2.75) is 18.9 Å². The summed E-state index contributed by atoms with van der Waals surface area (Å²) >= 11 is 0. The third kappa shape index (κ3) is 4.61. The molecule has 0 saturated carbocycles. The van der Waals surface area contributed by atoms with Crippen molar-refractivity contribution in [2.75, 3.05) is 11.9 Å². The van der Waals surface area contributed by atoms with Crippen LogP contribution in [0.15, 0.2) is 59.1 Å². The molecule has 9 heteroatoms. The number of halogens is 1. The summed E-state index contributed by atoms with van der Waals surface area (Å²) in [4.78, 5) is 26.7. The molecular weight excluding hydrogens is 396 g/mol. The second kappa shape index (κ2) is 8.85. The van der Waals surface area contributed by atoms with Crippen LogP contribution in [0.25, 0.3) is 22.8 Å². The fraction of sp³-hybridized carbons (Fsp3) is 0.200. The van der Waals surface area contributed by atoms with E-state index in [1.165, 1.54) is 12.1 Å². The molecule has 0 radical (unpaired) electrons. The first-order valence-electron chi connectivity index (χ1n) is 8.95. The normalized spacial score (nSPS) is 15.5. The number of hydrogen-bond acceptors (Lipinski definition) is 6. The van der Waals surface area contributed by atoms with Crippen LogP contribution in [0.5, 0.6) is 0 Å². The highest BCUT2D eigenvalue weighted by Gasteiger charge is 2.21.